The number of aromatic nitrogens is 3. The van der Waals surface area contributed by atoms with E-state index >= 15 is 0 Å². The highest BCUT2D eigenvalue weighted by Crippen LogP contribution is 2.19. The van der Waals surface area contributed by atoms with Gasteiger partial charge in [0.05, 0.1) is 12.9 Å². The minimum Gasteiger partial charge on any atom is -0.480 e. The SMILES string of the molecule is CC(NC(=O)C(Cc1cnc[nH]1)NC(=O)CN)C(=O)NC(Cc1c[nH]c2ccccc12)C(=O)O. The maximum Gasteiger partial charge on any atom is 0.326 e. The van der Waals surface area contributed by atoms with Crippen molar-refractivity contribution < 1.29 is 24.3 Å². The van der Waals surface area contributed by atoms with Crippen LogP contribution in [0.25, 0.3) is 10.9 Å². The molecule has 12 heteroatoms. The monoisotopic (exact) mass is 469 g/mol. The molecular weight excluding hydrogens is 442 g/mol. The van der Waals surface area contributed by atoms with Gasteiger partial charge in [-0.3, -0.25) is 14.4 Å². The summed E-state index contributed by atoms with van der Waals surface area (Å²) >= 11 is 0. The van der Waals surface area contributed by atoms with Crippen molar-refractivity contribution in [3.8, 4) is 0 Å². The number of nitrogens with one attached hydrogen (secondary N) is 5. The third-order valence-electron chi connectivity index (χ3n) is 5.28. The lowest BCUT2D eigenvalue weighted by atomic mass is 10.0. The summed E-state index contributed by atoms with van der Waals surface area (Å²) in [6.07, 6.45) is 4.81. The van der Waals surface area contributed by atoms with Crippen LogP contribution >= 0.6 is 0 Å². The van der Waals surface area contributed by atoms with E-state index in [0.29, 0.717) is 5.69 Å². The van der Waals surface area contributed by atoms with Crippen LogP contribution in [0, 0.1) is 0 Å². The van der Waals surface area contributed by atoms with E-state index in [1.54, 1.807) is 6.20 Å². The van der Waals surface area contributed by atoms with Crippen LogP contribution in [0.5, 0.6) is 0 Å². The molecule has 1 aromatic carbocycles. The molecule has 0 spiro atoms. The van der Waals surface area contributed by atoms with Gasteiger partial charge in [-0.2, -0.15) is 0 Å². The Bertz CT molecular complexity index is 1160. The number of aliphatic carboxylic acids is 1. The Morgan fingerprint density at radius 2 is 1.79 bits per heavy atom. The number of hydrogen-bond donors (Lipinski definition) is 7. The van der Waals surface area contributed by atoms with Crippen LogP contribution in [0.1, 0.15) is 18.2 Å². The number of para-hydroxylation sites is 1. The van der Waals surface area contributed by atoms with E-state index in [-0.39, 0.29) is 19.4 Å². The first-order valence-electron chi connectivity index (χ1n) is 10.6. The van der Waals surface area contributed by atoms with E-state index in [1.807, 2.05) is 24.3 Å². The highest BCUT2D eigenvalue weighted by atomic mass is 16.4. The number of amides is 3. The zero-order valence-corrected chi connectivity index (χ0v) is 18.5. The van der Waals surface area contributed by atoms with Crippen LogP contribution in [-0.4, -0.2) is 68.4 Å². The number of benzene rings is 1. The summed E-state index contributed by atoms with van der Waals surface area (Å²) in [5.74, 6) is -3.04. The summed E-state index contributed by atoms with van der Waals surface area (Å²) in [5.41, 5.74) is 7.52. The Kier molecular flexibility index (Phi) is 7.98. The Morgan fingerprint density at radius 3 is 2.47 bits per heavy atom. The largest absolute Gasteiger partial charge is 0.480 e. The molecule has 0 aliphatic carbocycles. The normalized spacial score (nSPS) is 13.6. The van der Waals surface area contributed by atoms with Crippen molar-refractivity contribution in [2.24, 2.45) is 5.73 Å². The molecule has 34 heavy (non-hydrogen) atoms. The highest BCUT2D eigenvalue weighted by Gasteiger charge is 2.28. The van der Waals surface area contributed by atoms with Gasteiger partial charge in [0.2, 0.25) is 17.7 Å². The number of nitrogens with two attached hydrogens (primary N) is 1. The molecule has 3 atom stereocenters. The Labute approximate surface area is 194 Å². The van der Waals surface area contributed by atoms with Crippen LogP contribution in [0.3, 0.4) is 0 Å². The van der Waals surface area contributed by atoms with Crippen LogP contribution in [-0.2, 0) is 32.0 Å². The highest BCUT2D eigenvalue weighted by molar-refractivity contribution is 5.93. The van der Waals surface area contributed by atoms with Gasteiger partial charge in [-0.25, -0.2) is 9.78 Å². The molecule has 0 fully saturated rings. The van der Waals surface area contributed by atoms with Gasteiger partial charge >= 0.3 is 5.97 Å². The second kappa shape index (κ2) is 11.1. The van der Waals surface area contributed by atoms with Gasteiger partial charge < -0.3 is 36.8 Å². The maximum atomic E-state index is 12.8. The molecular formula is C22H27N7O5. The van der Waals surface area contributed by atoms with Gasteiger partial charge in [0, 0.05) is 41.8 Å². The molecule has 3 aromatic rings. The van der Waals surface area contributed by atoms with Gasteiger partial charge in [0.25, 0.3) is 0 Å². The first-order valence-corrected chi connectivity index (χ1v) is 10.6. The van der Waals surface area contributed by atoms with Crippen molar-refractivity contribution in [1.29, 1.82) is 0 Å². The topological polar surface area (TPSA) is 195 Å². The number of imidazole rings is 1. The molecule has 3 rings (SSSR count). The molecule has 0 aliphatic rings. The fourth-order valence-corrected chi connectivity index (χ4v) is 3.48. The third-order valence-corrected chi connectivity index (χ3v) is 5.28. The van der Waals surface area contributed by atoms with E-state index in [1.165, 1.54) is 19.4 Å². The molecule has 0 aliphatic heterocycles. The molecule has 180 valence electrons. The number of H-pyrrole nitrogens is 2. The summed E-state index contributed by atoms with van der Waals surface area (Å²) in [6, 6.07) is 4.16. The Morgan fingerprint density at radius 1 is 1.03 bits per heavy atom. The first kappa shape index (κ1) is 24.5. The van der Waals surface area contributed by atoms with Crippen LogP contribution in [0.2, 0.25) is 0 Å². The van der Waals surface area contributed by atoms with Crippen LogP contribution in [0.4, 0.5) is 0 Å². The number of carbonyl (C=O) groups excluding carboxylic acids is 3. The molecule has 3 amide bonds. The van der Waals surface area contributed by atoms with E-state index in [9.17, 15) is 24.3 Å². The fraction of sp³-hybridized carbons (Fsp3) is 0.318. The number of fused-ring (bicyclic) bond motifs is 1. The minimum atomic E-state index is -1.20. The lowest BCUT2D eigenvalue weighted by Crippen LogP contribution is -2.56. The van der Waals surface area contributed by atoms with E-state index in [0.717, 1.165) is 16.5 Å². The second-order valence-corrected chi connectivity index (χ2v) is 7.80. The number of carboxylic acids is 1. The van der Waals surface area contributed by atoms with E-state index < -0.39 is 41.8 Å². The number of carbonyl (C=O) groups is 4. The summed E-state index contributed by atoms with van der Waals surface area (Å²) in [7, 11) is 0. The van der Waals surface area contributed by atoms with Gasteiger partial charge in [-0.05, 0) is 18.6 Å². The zero-order valence-electron chi connectivity index (χ0n) is 18.5. The molecule has 0 saturated heterocycles. The molecule has 2 heterocycles. The smallest absolute Gasteiger partial charge is 0.326 e. The average molecular weight is 470 g/mol. The van der Waals surface area contributed by atoms with Crippen molar-refractivity contribution in [2.45, 2.75) is 37.9 Å². The lowest BCUT2D eigenvalue weighted by molar-refractivity contribution is -0.142. The lowest BCUT2D eigenvalue weighted by Gasteiger charge is -2.22. The minimum absolute atomic E-state index is 0.0563. The average Bonchev–Trinajstić information content (AvgIpc) is 3.48. The molecule has 3 unspecified atom stereocenters. The van der Waals surface area contributed by atoms with Crippen molar-refractivity contribution in [3.63, 3.8) is 0 Å². The summed E-state index contributed by atoms with van der Waals surface area (Å²) in [6.45, 7) is 1.12. The molecule has 0 saturated carbocycles. The molecule has 0 bridgehead atoms. The molecule has 0 radical (unpaired) electrons. The predicted molar refractivity (Wildman–Crippen MR) is 122 cm³/mol. The van der Waals surface area contributed by atoms with Crippen molar-refractivity contribution in [2.75, 3.05) is 6.54 Å². The van der Waals surface area contributed by atoms with E-state index in [2.05, 4.69) is 30.9 Å². The summed E-state index contributed by atoms with van der Waals surface area (Å²) in [5, 5.41) is 18.0. The van der Waals surface area contributed by atoms with Crippen molar-refractivity contribution in [1.82, 2.24) is 30.9 Å². The Hall–Kier alpha value is -4.19. The Balaban J connectivity index is 1.64. The van der Waals surface area contributed by atoms with Gasteiger partial charge in [0.1, 0.15) is 18.1 Å². The number of aromatic amines is 2. The van der Waals surface area contributed by atoms with Crippen LogP contribution < -0.4 is 21.7 Å². The number of hydrogen-bond acceptors (Lipinski definition) is 6. The third kappa shape index (κ3) is 6.19. The van der Waals surface area contributed by atoms with Crippen LogP contribution in [0.15, 0.2) is 43.0 Å². The molecule has 2 aromatic heterocycles. The molecule has 8 N–H and O–H groups in total. The number of nitrogens with zero attached hydrogens (tertiary/aromatic N) is 1. The number of rotatable bonds is 11. The summed E-state index contributed by atoms with van der Waals surface area (Å²) in [4.78, 5) is 58.8. The maximum absolute atomic E-state index is 12.8. The van der Waals surface area contributed by atoms with Crippen molar-refractivity contribution >= 4 is 34.6 Å². The first-order chi connectivity index (χ1) is 16.3. The molecule has 12 nitrogen and oxygen atoms in total. The van der Waals surface area contributed by atoms with Gasteiger partial charge in [0.15, 0.2) is 0 Å². The quantitative estimate of drug-likeness (QED) is 0.191. The zero-order chi connectivity index (χ0) is 24.7. The van der Waals surface area contributed by atoms with Crippen molar-refractivity contribution in [3.05, 3.63) is 54.2 Å². The standard InChI is InChI=1S/C22H27N7O5/c1-12(27-21(32)17(28-19(30)8-23)7-14-10-24-11-26-14)20(31)29-18(22(33)34)6-13-9-25-16-5-3-2-4-15(13)16/h2-5,9-12,17-18,25H,6-8,23H2,1H3,(H,24,26)(H,27,32)(H,28,30)(H,29,31)(H,33,34). The number of carboxylic acid groups (broad SMARTS) is 1. The predicted octanol–water partition coefficient (Wildman–Crippen LogP) is -0.806. The van der Waals surface area contributed by atoms with E-state index in [4.69, 9.17) is 5.73 Å². The summed E-state index contributed by atoms with van der Waals surface area (Å²) < 4.78 is 0. The van der Waals surface area contributed by atoms with Gasteiger partial charge in [-0.1, -0.05) is 18.2 Å². The van der Waals surface area contributed by atoms with Gasteiger partial charge in [-0.15, -0.1) is 0 Å². The second-order valence-electron chi connectivity index (χ2n) is 7.80. The fourth-order valence-electron chi connectivity index (χ4n) is 3.48.